The third-order valence-electron chi connectivity index (χ3n) is 2.55. The van der Waals surface area contributed by atoms with Crippen molar-refractivity contribution in [3.05, 3.63) is 39.9 Å². The van der Waals surface area contributed by atoms with Gasteiger partial charge in [0, 0.05) is 11.3 Å². The van der Waals surface area contributed by atoms with Crippen LogP contribution in [-0.2, 0) is 0 Å². The minimum atomic E-state index is -0.227. The Hall–Kier alpha value is -1.88. The number of carbonyl (C=O) groups is 1. The van der Waals surface area contributed by atoms with Gasteiger partial charge in [0.25, 0.3) is 5.91 Å². The number of aromatic amines is 1. The number of hydrogen-bond acceptors (Lipinski definition) is 3. The Balaban J connectivity index is 2.27. The summed E-state index contributed by atoms with van der Waals surface area (Å²) < 4.78 is 0. The van der Waals surface area contributed by atoms with E-state index in [0.717, 1.165) is 11.4 Å². The van der Waals surface area contributed by atoms with Gasteiger partial charge in [-0.1, -0.05) is 11.6 Å². The van der Waals surface area contributed by atoms with Crippen LogP contribution in [0.25, 0.3) is 0 Å². The molecule has 0 radical (unpaired) electrons. The summed E-state index contributed by atoms with van der Waals surface area (Å²) in [5.41, 5.74) is 3.45. The number of halogens is 1. The SMILES string of the molecule is Cc1cc(C(=O)Nc2c(C)n[nH]c2C)cc(Cl)n1. The molecular formula is C12H13ClN4O. The zero-order valence-corrected chi connectivity index (χ0v) is 11.1. The van der Waals surface area contributed by atoms with Crippen LogP contribution in [0.5, 0.6) is 0 Å². The molecule has 94 valence electrons. The molecule has 0 unspecified atom stereocenters. The summed E-state index contributed by atoms with van der Waals surface area (Å²) in [6, 6.07) is 3.22. The number of aromatic nitrogens is 3. The van der Waals surface area contributed by atoms with Crippen LogP contribution in [0.2, 0.25) is 5.15 Å². The van der Waals surface area contributed by atoms with Gasteiger partial charge in [-0.3, -0.25) is 9.89 Å². The second-order valence-corrected chi connectivity index (χ2v) is 4.47. The molecule has 2 aromatic rings. The molecule has 2 heterocycles. The van der Waals surface area contributed by atoms with Gasteiger partial charge in [-0.2, -0.15) is 5.10 Å². The molecule has 2 aromatic heterocycles. The second-order valence-electron chi connectivity index (χ2n) is 4.08. The van der Waals surface area contributed by atoms with E-state index < -0.39 is 0 Å². The first-order valence-corrected chi connectivity index (χ1v) is 5.82. The molecule has 0 aromatic carbocycles. The number of anilines is 1. The normalized spacial score (nSPS) is 10.4. The summed E-state index contributed by atoms with van der Waals surface area (Å²) in [5.74, 6) is -0.227. The highest BCUT2D eigenvalue weighted by atomic mass is 35.5. The topological polar surface area (TPSA) is 70.7 Å². The number of nitrogens with one attached hydrogen (secondary N) is 2. The van der Waals surface area contributed by atoms with E-state index in [-0.39, 0.29) is 5.91 Å². The summed E-state index contributed by atoms with van der Waals surface area (Å²) in [4.78, 5) is 16.1. The highest BCUT2D eigenvalue weighted by Gasteiger charge is 2.13. The van der Waals surface area contributed by atoms with E-state index in [1.807, 2.05) is 13.8 Å². The van der Waals surface area contributed by atoms with E-state index >= 15 is 0 Å². The van der Waals surface area contributed by atoms with E-state index in [2.05, 4.69) is 20.5 Å². The Labute approximate surface area is 110 Å². The van der Waals surface area contributed by atoms with Crippen LogP contribution in [0.4, 0.5) is 5.69 Å². The maximum absolute atomic E-state index is 12.1. The minimum Gasteiger partial charge on any atom is -0.319 e. The first-order valence-electron chi connectivity index (χ1n) is 5.44. The number of pyridine rings is 1. The van der Waals surface area contributed by atoms with Gasteiger partial charge in [0.1, 0.15) is 5.15 Å². The fourth-order valence-electron chi connectivity index (χ4n) is 1.68. The van der Waals surface area contributed by atoms with E-state index in [9.17, 15) is 4.79 Å². The molecule has 6 heteroatoms. The molecule has 0 spiro atoms. The molecule has 2 rings (SSSR count). The quantitative estimate of drug-likeness (QED) is 0.819. The zero-order chi connectivity index (χ0) is 13.3. The summed E-state index contributed by atoms with van der Waals surface area (Å²) in [7, 11) is 0. The van der Waals surface area contributed by atoms with Crippen molar-refractivity contribution in [2.45, 2.75) is 20.8 Å². The predicted octanol–water partition coefficient (Wildman–Crippen LogP) is 2.64. The monoisotopic (exact) mass is 264 g/mol. The summed E-state index contributed by atoms with van der Waals surface area (Å²) in [6.07, 6.45) is 0. The van der Waals surface area contributed by atoms with Gasteiger partial charge in [-0.25, -0.2) is 4.98 Å². The van der Waals surface area contributed by atoms with Crippen molar-refractivity contribution in [1.29, 1.82) is 0 Å². The van der Waals surface area contributed by atoms with Gasteiger partial charge >= 0.3 is 0 Å². The van der Waals surface area contributed by atoms with Gasteiger partial charge in [-0.05, 0) is 32.9 Å². The molecule has 18 heavy (non-hydrogen) atoms. The summed E-state index contributed by atoms with van der Waals surface area (Å²) >= 11 is 5.83. The van der Waals surface area contributed by atoms with Gasteiger partial charge in [-0.15, -0.1) is 0 Å². The number of rotatable bonds is 2. The standard InChI is InChI=1S/C12H13ClN4O/c1-6-4-9(5-10(13)14-6)12(18)15-11-7(2)16-17-8(11)3/h4-5H,1-3H3,(H,15,18)(H,16,17). The first-order chi connectivity index (χ1) is 8.47. The molecule has 0 saturated heterocycles. The average molecular weight is 265 g/mol. The highest BCUT2D eigenvalue weighted by Crippen LogP contribution is 2.18. The molecule has 0 aliphatic heterocycles. The fraction of sp³-hybridized carbons (Fsp3) is 0.250. The van der Waals surface area contributed by atoms with E-state index in [0.29, 0.717) is 22.1 Å². The lowest BCUT2D eigenvalue weighted by molar-refractivity contribution is 0.102. The van der Waals surface area contributed by atoms with Crippen LogP contribution in [0, 0.1) is 20.8 Å². The van der Waals surface area contributed by atoms with Crippen molar-refractivity contribution in [2.75, 3.05) is 5.32 Å². The lowest BCUT2D eigenvalue weighted by Gasteiger charge is -2.06. The first kappa shape index (κ1) is 12.6. The third kappa shape index (κ3) is 2.51. The molecule has 0 aliphatic carbocycles. The Morgan fingerprint density at radius 1 is 1.33 bits per heavy atom. The highest BCUT2D eigenvalue weighted by molar-refractivity contribution is 6.29. The van der Waals surface area contributed by atoms with Crippen LogP contribution in [-0.4, -0.2) is 21.1 Å². The van der Waals surface area contributed by atoms with Gasteiger partial charge in [0.15, 0.2) is 0 Å². The lowest BCUT2D eigenvalue weighted by Crippen LogP contribution is -2.13. The molecule has 0 aliphatic rings. The molecule has 0 fully saturated rings. The molecule has 1 amide bonds. The Morgan fingerprint density at radius 3 is 2.61 bits per heavy atom. The second kappa shape index (κ2) is 4.78. The van der Waals surface area contributed by atoms with Crippen LogP contribution in [0.3, 0.4) is 0 Å². The maximum atomic E-state index is 12.1. The molecule has 0 bridgehead atoms. The van der Waals surface area contributed by atoms with E-state index in [4.69, 9.17) is 11.6 Å². The number of aryl methyl sites for hydroxylation is 3. The van der Waals surface area contributed by atoms with E-state index in [1.165, 1.54) is 6.07 Å². The van der Waals surface area contributed by atoms with Crippen molar-refractivity contribution in [2.24, 2.45) is 0 Å². The molecule has 0 saturated carbocycles. The van der Waals surface area contributed by atoms with Crippen LogP contribution in [0.1, 0.15) is 27.4 Å². The molecular weight excluding hydrogens is 252 g/mol. The van der Waals surface area contributed by atoms with Crippen molar-refractivity contribution in [1.82, 2.24) is 15.2 Å². The number of hydrogen-bond donors (Lipinski definition) is 2. The molecule has 0 atom stereocenters. The smallest absolute Gasteiger partial charge is 0.255 e. The number of H-pyrrole nitrogens is 1. The summed E-state index contributed by atoms with van der Waals surface area (Å²) in [6.45, 7) is 5.46. The Morgan fingerprint density at radius 2 is 2.06 bits per heavy atom. The van der Waals surface area contributed by atoms with Crippen molar-refractivity contribution < 1.29 is 4.79 Å². The Kier molecular flexibility index (Phi) is 3.34. The lowest BCUT2D eigenvalue weighted by atomic mass is 10.2. The van der Waals surface area contributed by atoms with Crippen LogP contribution < -0.4 is 5.32 Å². The van der Waals surface area contributed by atoms with Gasteiger partial charge in [0.05, 0.1) is 17.1 Å². The average Bonchev–Trinajstić information content (AvgIpc) is 2.59. The van der Waals surface area contributed by atoms with Crippen molar-refractivity contribution >= 4 is 23.2 Å². The third-order valence-corrected chi connectivity index (χ3v) is 2.74. The molecule has 2 N–H and O–H groups in total. The van der Waals surface area contributed by atoms with Crippen molar-refractivity contribution in [3.63, 3.8) is 0 Å². The maximum Gasteiger partial charge on any atom is 0.255 e. The number of nitrogens with zero attached hydrogens (tertiary/aromatic N) is 2. The number of carbonyl (C=O) groups excluding carboxylic acids is 1. The zero-order valence-electron chi connectivity index (χ0n) is 10.3. The van der Waals surface area contributed by atoms with Crippen LogP contribution in [0.15, 0.2) is 12.1 Å². The fourth-order valence-corrected chi connectivity index (χ4v) is 1.93. The minimum absolute atomic E-state index is 0.227. The van der Waals surface area contributed by atoms with E-state index in [1.54, 1.807) is 13.0 Å². The van der Waals surface area contributed by atoms with Crippen LogP contribution >= 0.6 is 11.6 Å². The van der Waals surface area contributed by atoms with Crippen molar-refractivity contribution in [3.8, 4) is 0 Å². The largest absolute Gasteiger partial charge is 0.319 e. The van der Waals surface area contributed by atoms with Gasteiger partial charge < -0.3 is 5.32 Å². The molecule has 5 nitrogen and oxygen atoms in total. The predicted molar refractivity (Wildman–Crippen MR) is 70.0 cm³/mol. The van der Waals surface area contributed by atoms with Gasteiger partial charge in [0.2, 0.25) is 0 Å². The number of amides is 1. The Bertz CT molecular complexity index is 566. The summed E-state index contributed by atoms with van der Waals surface area (Å²) in [5, 5.41) is 9.95.